The zero-order valence-electron chi connectivity index (χ0n) is 16.2. The molecule has 1 fully saturated rings. The van der Waals surface area contributed by atoms with Crippen LogP contribution in [0.3, 0.4) is 0 Å². The average Bonchev–Trinajstić information content (AvgIpc) is 3.42. The molecule has 5 rings (SSSR count). The van der Waals surface area contributed by atoms with Crippen LogP contribution in [0.25, 0.3) is 5.65 Å². The second-order valence-electron chi connectivity index (χ2n) is 7.47. The van der Waals surface area contributed by atoms with E-state index in [1.807, 2.05) is 24.0 Å². The van der Waals surface area contributed by atoms with Crippen LogP contribution in [-0.4, -0.2) is 43.5 Å². The molecule has 1 saturated heterocycles. The van der Waals surface area contributed by atoms with Crippen LogP contribution in [0.5, 0.6) is 0 Å². The van der Waals surface area contributed by atoms with Crippen molar-refractivity contribution >= 4 is 22.9 Å². The molecule has 4 aromatic rings. The van der Waals surface area contributed by atoms with E-state index in [0.717, 1.165) is 23.5 Å². The highest BCUT2D eigenvalue weighted by Gasteiger charge is 2.40. The van der Waals surface area contributed by atoms with Crippen molar-refractivity contribution in [1.82, 2.24) is 24.5 Å². The lowest BCUT2D eigenvalue weighted by Crippen LogP contribution is -2.46. The van der Waals surface area contributed by atoms with E-state index in [2.05, 4.69) is 39.7 Å². The number of likely N-dealkylation sites (tertiary alicyclic amines) is 1. The number of hydrogen-bond donors (Lipinski definition) is 0. The third kappa shape index (κ3) is 3.11. The van der Waals surface area contributed by atoms with Gasteiger partial charge >= 0.3 is 0 Å². The van der Waals surface area contributed by atoms with Gasteiger partial charge in [0.05, 0.1) is 10.7 Å². The molecule has 0 N–H and O–H groups in total. The van der Waals surface area contributed by atoms with Crippen molar-refractivity contribution in [3.8, 4) is 0 Å². The molecule has 0 atom stereocenters. The molecule has 1 aromatic carbocycles. The molecule has 0 unspecified atom stereocenters. The van der Waals surface area contributed by atoms with E-state index in [9.17, 15) is 4.79 Å². The molecule has 1 aliphatic rings. The maximum atomic E-state index is 13.1. The second-order valence-corrected chi connectivity index (χ2v) is 8.53. The van der Waals surface area contributed by atoms with E-state index in [1.165, 1.54) is 11.9 Å². The highest BCUT2D eigenvalue weighted by Crippen LogP contribution is 2.42. The van der Waals surface area contributed by atoms with Gasteiger partial charge < -0.3 is 4.90 Å². The molecule has 1 amide bonds. The Kier molecular flexibility index (Phi) is 4.39. The number of hydrogen-bond acceptors (Lipinski definition) is 5. The predicted octanol–water partition coefficient (Wildman–Crippen LogP) is 3.72. The van der Waals surface area contributed by atoms with Gasteiger partial charge in [0.15, 0.2) is 5.65 Å². The van der Waals surface area contributed by atoms with Crippen molar-refractivity contribution in [3.05, 3.63) is 82.2 Å². The predicted molar refractivity (Wildman–Crippen MR) is 112 cm³/mol. The number of thiazole rings is 1. The second kappa shape index (κ2) is 7.08. The Balaban J connectivity index is 1.42. The Morgan fingerprint density at radius 3 is 2.66 bits per heavy atom. The summed E-state index contributed by atoms with van der Waals surface area (Å²) in [6, 6.07) is 14.2. The third-order valence-corrected chi connectivity index (χ3v) is 6.64. The van der Waals surface area contributed by atoms with Crippen LogP contribution in [0, 0.1) is 6.92 Å². The molecular formula is C22H21N5OS. The molecule has 6 nitrogen and oxygen atoms in total. The summed E-state index contributed by atoms with van der Waals surface area (Å²) in [4.78, 5) is 24.1. The quantitative estimate of drug-likeness (QED) is 0.523. The van der Waals surface area contributed by atoms with Crippen LogP contribution >= 0.6 is 11.3 Å². The first-order valence-corrected chi connectivity index (χ1v) is 10.6. The molecule has 1 aliphatic heterocycles. The van der Waals surface area contributed by atoms with Crippen LogP contribution in [0.1, 0.15) is 39.5 Å². The molecule has 0 saturated carbocycles. The molecule has 0 radical (unpaired) electrons. The monoisotopic (exact) mass is 403 g/mol. The van der Waals surface area contributed by atoms with Gasteiger partial charge in [-0.1, -0.05) is 30.3 Å². The lowest BCUT2D eigenvalue weighted by atomic mass is 9.70. The minimum Gasteiger partial charge on any atom is -0.339 e. The first kappa shape index (κ1) is 18.0. The number of aromatic nitrogens is 4. The van der Waals surface area contributed by atoms with Crippen molar-refractivity contribution in [1.29, 1.82) is 0 Å². The van der Waals surface area contributed by atoms with Crippen molar-refractivity contribution in [3.63, 3.8) is 0 Å². The Labute approximate surface area is 172 Å². The van der Waals surface area contributed by atoms with Crippen LogP contribution in [0.15, 0.2) is 60.4 Å². The third-order valence-electron chi connectivity index (χ3n) is 5.87. The van der Waals surface area contributed by atoms with Crippen LogP contribution in [0.2, 0.25) is 0 Å². The van der Waals surface area contributed by atoms with E-state index in [-0.39, 0.29) is 11.3 Å². The fourth-order valence-electron chi connectivity index (χ4n) is 4.26. The number of rotatable bonds is 3. The van der Waals surface area contributed by atoms with Gasteiger partial charge in [0.2, 0.25) is 0 Å². The molecule has 0 spiro atoms. The van der Waals surface area contributed by atoms with Gasteiger partial charge in [0.25, 0.3) is 5.91 Å². The van der Waals surface area contributed by atoms with Crippen LogP contribution < -0.4 is 0 Å². The van der Waals surface area contributed by atoms with Crippen molar-refractivity contribution < 1.29 is 4.79 Å². The largest absolute Gasteiger partial charge is 0.339 e. The minimum atomic E-state index is -0.139. The maximum absolute atomic E-state index is 13.1. The summed E-state index contributed by atoms with van der Waals surface area (Å²) in [6.45, 7) is 3.44. The number of carbonyl (C=O) groups is 1. The fourth-order valence-corrected chi connectivity index (χ4v) is 4.97. The molecule has 0 aliphatic carbocycles. The average molecular weight is 404 g/mol. The van der Waals surface area contributed by atoms with Crippen molar-refractivity contribution in [2.45, 2.75) is 25.2 Å². The zero-order chi connectivity index (χ0) is 19.8. The summed E-state index contributed by atoms with van der Waals surface area (Å²) in [5, 5.41) is 7.35. The standard InChI is InChI=1S/C22H21N5OS/c1-16-25-19(14-29-16)22(18-5-3-2-4-6-18)8-11-26(12-9-22)21(28)17-7-10-27-20(13-17)23-15-24-27/h2-7,10,13-15H,8-9,11-12H2,1H3. The Morgan fingerprint density at radius 2 is 1.93 bits per heavy atom. The number of benzene rings is 1. The van der Waals surface area contributed by atoms with E-state index in [4.69, 9.17) is 4.98 Å². The highest BCUT2D eigenvalue weighted by molar-refractivity contribution is 7.09. The van der Waals surface area contributed by atoms with Gasteiger partial charge in [-0.2, -0.15) is 5.10 Å². The summed E-state index contributed by atoms with van der Waals surface area (Å²) in [5.74, 6) is 0.0478. The molecule has 7 heteroatoms. The van der Waals surface area contributed by atoms with Gasteiger partial charge in [0, 0.05) is 35.6 Å². The Hall–Kier alpha value is -3.06. The Bertz CT molecular complexity index is 1160. The summed E-state index contributed by atoms with van der Waals surface area (Å²) in [6.07, 6.45) is 5.00. The van der Waals surface area contributed by atoms with Gasteiger partial charge in [0.1, 0.15) is 6.33 Å². The van der Waals surface area contributed by atoms with Gasteiger partial charge in [-0.25, -0.2) is 14.5 Å². The molecule has 0 bridgehead atoms. The normalized spacial score (nSPS) is 16.2. The number of carbonyl (C=O) groups excluding carboxylic acids is 1. The van der Waals surface area contributed by atoms with E-state index < -0.39 is 0 Å². The first-order valence-electron chi connectivity index (χ1n) is 9.72. The van der Waals surface area contributed by atoms with Crippen LogP contribution in [0.4, 0.5) is 0 Å². The smallest absolute Gasteiger partial charge is 0.254 e. The van der Waals surface area contributed by atoms with Gasteiger partial charge in [-0.05, 0) is 37.5 Å². The summed E-state index contributed by atoms with van der Waals surface area (Å²) in [7, 11) is 0. The van der Waals surface area contributed by atoms with Gasteiger partial charge in [-0.15, -0.1) is 11.3 Å². The first-order chi connectivity index (χ1) is 14.2. The maximum Gasteiger partial charge on any atom is 0.254 e. The van der Waals surface area contributed by atoms with E-state index in [1.54, 1.807) is 28.1 Å². The highest BCUT2D eigenvalue weighted by atomic mass is 32.1. The summed E-state index contributed by atoms with van der Waals surface area (Å²) < 4.78 is 1.66. The lowest BCUT2D eigenvalue weighted by Gasteiger charge is -2.41. The lowest BCUT2D eigenvalue weighted by molar-refractivity contribution is 0.0684. The number of amides is 1. The summed E-state index contributed by atoms with van der Waals surface area (Å²) >= 11 is 1.69. The van der Waals surface area contributed by atoms with Crippen LogP contribution in [-0.2, 0) is 5.41 Å². The fraction of sp³-hybridized carbons (Fsp3) is 0.273. The molecule has 4 heterocycles. The van der Waals surface area contributed by atoms with E-state index >= 15 is 0 Å². The molecule has 146 valence electrons. The topological polar surface area (TPSA) is 63.4 Å². The zero-order valence-corrected chi connectivity index (χ0v) is 17.0. The molecule has 3 aromatic heterocycles. The van der Waals surface area contributed by atoms with Crippen molar-refractivity contribution in [2.24, 2.45) is 0 Å². The van der Waals surface area contributed by atoms with Crippen molar-refractivity contribution in [2.75, 3.05) is 13.1 Å². The minimum absolute atomic E-state index is 0.0478. The Morgan fingerprint density at radius 1 is 1.14 bits per heavy atom. The number of fused-ring (bicyclic) bond motifs is 1. The van der Waals surface area contributed by atoms with Gasteiger partial charge in [-0.3, -0.25) is 4.79 Å². The SMILES string of the molecule is Cc1nc(C2(c3ccccc3)CCN(C(=O)c3ccn4ncnc4c3)CC2)cs1. The van der Waals surface area contributed by atoms with E-state index in [0.29, 0.717) is 24.3 Å². The number of pyridine rings is 1. The summed E-state index contributed by atoms with van der Waals surface area (Å²) in [5.41, 5.74) is 3.61. The molecule has 29 heavy (non-hydrogen) atoms. The number of piperidine rings is 1. The molecular weight excluding hydrogens is 382 g/mol. The number of aryl methyl sites for hydroxylation is 1. The number of nitrogens with zero attached hydrogens (tertiary/aromatic N) is 5.